The zero-order valence-electron chi connectivity index (χ0n) is 12.1. The summed E-state index contributed by atoms with van der Waals surface area (Å²) < 4.78 is 9.03. The number of anilines is 1. The van der Waals surface area contributed by atoms with E-state index >= 15 is 0 Å². The van der Waals surface area contributed by atoms with Gasteiger partial charge >= 0.3 is 127 Å². The van der Waals surface area contributed by atoms with E-state index in [1.165, 1.54) is 50.6 Å². The Bertz CT molecular complexity index is 551. The van der Waals surface area contributed by atoms with Crippen LogP contribution in [-0.4, -0.2) is 29.0 Å². The molecule has 1 saturated carbocycles. The summed E-state index contributed by atoms with van der Waals surface area (Å²) in [7, 11) is 0. The molecule has 0 bridgehead atoms. The van der Waals surface area contributed by atoms with Crippen LogP contribution in [0, 0.1) is 5.92 Å². The van der Waals surface area contributed by atoms with E-state index in [0.29, 0.717) is 6.04 Å². The molecule has 0 spiro atoms. The van der Waals surface area contributed by atoms with Crippen molar-refractivity contribution >= 4 is 31.7 Å². The van der Waals surface area contributed by atoms with Crippen molar-refractivity contribution in [3.8, 4) is 0 Å². The van der Waals surface area contributed by atoms with Crippen LogP contribution in [0.5, 0.6) is 0 Å². The zero-order valence-corrected chi connectivity index (χ0v) is 13.9. The molecule has 3 nitrogen and oxygen atoms in total. The van der Waals surface area contributed by atoms with Crippen LogP contribution in [0.1, 0.15) is 51.9 Å². The molecule has 1 N–H and O–H groups in total. The summed E-state index contributed by atoms with van der Waals surface area (Å²) in [5.74, 6) is 0.955. The summed E-state index contributed by atoms with van der Waals surface area (Å²) in [6.07, 6.45) is 9.50. The van der Waals surface area contributed by atoms with E-state index in [0.717, 1.165) is 17.0 Å². The molecule has 1 aliphatic carbocycles. The number of aromatic nitrogens is 2. The number of benzene rings is 1. The molecule has 2 aromatic rings. The van der Waals surface area contributed by atoms with Gasteiger partial charge in [-0.1, -0.05) is 0 Å². The van der Waals surface area contributed by atoms with Gasteiger partial charge in [0.25, 0.3) is 0 Å². The quantitative estimate of drug-likeness (QED) is 0.681. The average molecular weight is 336 g/mol. The minimum absolute atomic E-state index is 0.0653. The van der Waals surface area contributed by atoms with Crippen molar-refractivity contribution in [3.05, 3.63) is 18.2 Å². The zero-order chi connectivity index (χ0) is 13.8. The van der Waals surface area contributed by atoms with Crippen LogP contribution in [0.3, 0.4) is 0 Å². The fourth-order valence-electron chi connectivity index (χ4n) is 3.36. The Morgan fingerprint density at radius 2 is 2.15 bits per heavy atom. The van der Waals surface area contributed by atoms with E-state index in [-0.39, 0.29) is 15.0 Å². The predicted molar refractivity (Wildman–Crippen MR) is 85.4 cm³/mol. The van der Waals surface area contributed by atoms with Gasteiger partial charge in [-0.25, -0.2) is 0 Å². The molecule has 1 heterocycles. The topological polar surface area (TPSA) is 37.8 Å². The maximum atomic E-state index is 4.57. The van der Waals surface area contributed by atoms with E-state index < -0.39 is 0 Å². The van der Waals surface area contributed by atoms with Crippen LogP contribution < -0.4 is 5.32 Å². The first-order chi connectivity index (χ1) is 9.86. The molecular weight excluding hydrogens is 313 g/mol. The molecule has 3 rings (SSSR count). The van der Waals surface area contributed by atoms with Gasteiger partial charge in [-0.05, 0) is 0 Å². The summed E-state index contributed by atoms with van der Waals surface area (Å²) in [4.78, 5) is 0. The monoisotopic (exact) mass is 337 g/mol. The molecule has 1 aromatic carbocycles. The number of rotatable bonds is 4. The second-order valence-electron chi connectivity index (χ2n) is 5.94. The van der Waals surface area contributed by atoms with Crippen LogP contribution in [0.2, 0.25) is 0 Å². The minimum atomic E-state index is 0.0653. The van der Waals surface area contributed by atoms with Crippen molar-refractivity contribution in [2.24, 2.45) is 5.92 Å². The third-order valence-corrected chi connectivity index (χ3v) is 5.57. The van der Waals surface area contributed by atoms with Crippen molar-refractivity contribution in [3.63, 3.8) is 0 Å². The van der Waals surface area contributed by atoms with Gasteiger partial charge in [0.1, 0.15) is 0 Å². The second kappa shape index (κ2) is 6.73. The van der Waals surface area contributed by atoms with Crippen molar-refractivity contribution in [2.75, 3.05) is 5.32 Å². The molecule has 108 valence electrons. The van der Waals surface area contributed by atoms with Crippen molar-refractivity contribution in [1.29, 1.82) is 0 Å². The Hall–Kier alpha value is -0.861. The maximum absolute atomic E-state index is 4.57. The van der Waals surface area contributed by atoms with Gasteiger partial charge in [0.2, 0.25) is 0 Å². The molecule has 2 atom stereocenters. The third kappa shape index (κ3) is 3.24. The molecule has 2 unspecified atom stereocenters. The Kier molecular flexibility index (Phi) is 4.74. The molecule has 0 saturated heterocycles. The van der Waals surface area contributed by atoms with Crippen LogP contribution in [0.4, 0.5) is 5.69 Å². The number of nitrogens with one attached hydrogen (secondary N) is 1. The van der Waals surface area contributed by atoms with Gasteiger partial charge < -0.3 is 0 Å². The predicted octanol–water partition coefficient (Wildman–Crippen LogP) is 3.85. The molecule has 0 radical (unpaired) electrons. The number of hydrogen-bond acceptors (Lipinski definition) is 3. The summed E-state index contributed by atoms with van der Waals surface area (Å²) in [6.45, 7) is 2.31. The van der Waals surface area contributed by atoms with Crippen LogP contribution in [-0.2, 0) is 0 Å². The summed E-state index contributed by atoms with van der Waals surface area (Å²) >= 11 is 0.0653. The molecule has 4 heteroatoms. The number of nitrogens with zero attached hydrogens (tertiary/aromatic N) is 2. The van der Waals surface area contributed by atoms with Crippen molar-refractivity contribution in [2.45, 2.75) is 57.9 Å². The fraction of sp³-hybridized carbons (Fsp3) is 0.625. The first kappa shape index (κ1) is 14.1. The van der Waals surface area contributed by atoms with Gasteiger partial charge in [0.05, 0.1) is 0 Å². The van der Waals surface area contributed by atoms with E-state index in [9.17, 15) is 0 Å². The van der Waals surface area contributed by atoms with E-state index in [4.69, 9.17) is 0 Å². The van der Waals surface area contributed by atoms with Crippen LogP contribution in [0.15, 0.2) is 18.2 Å². The Morgan fingerprint density at radius 1 is 1.20 bits per heavy atom. The Balaban J connectivity index is 1.67. The molecule has 0 aliphatic heterocycles. The Labute approximate surface area is 127 Å². The standard InChI is InChI=1S/C16H23N3Se/c1-2-5-12-6-3-7-13(11-10-12)17-14-8-4-9-15-16(14)19-20-18-15/h4,8-9,12-13,17H,2-3,5-7,10-11H2,1H3. The SMILES string of the molecule is CCCC1CCCC(Nc2cccc3n[se]nc23)CC1. The van der Waals surface area contributed by atoms with Gasteiger partial charge in [-0.2, -0.15) is 0 Å². The summed E-state index contributed by atoms with van der Waals surface area (Å²) in [5, 5.41) is 3.74. The number of hydrogen-bond donors (Lipinski definition) is 1. The molecular formula is C16H23N3Se. The van der Waals surface area contributed by atoms with Gasteiger partial charge in [-0.3, -0.25) is 0 Å². The normalized spacial score (nSPS) is 23.6. The number of fused-ring (bicyclic) bond motifs is 1. The van der Waals surface area contributed by atoms with Crippen molar-refractivity contribution < 1.29 is 0 Å². The summed E-state index contributed by atoms with van der Waals surface area (Å²) in [6, 6.07) is 6.95. The summed E-state index contributed by atoms with van der Waals surface area (Å²) in [5.41, 5.74) is 3.37. The second-order valence-corrected chi connectivity index (χ2v) is 7.05. The molecule has 1 aliphatic rings. The molecule has 1 aromatic heterocycles. The van der Waals surface area contributed by atoms with E-state index in [2.05, 4.69) is 38.4 Å². The van der Waals surface area contributed by atoms with Crippen molar-refractivity contribution in [1.82, 2.24) is 7.96 Å². The molecule has 0 amide bonds. The fourth-order valence-corrected chi connectivity index (χ4v) is 4.52. The third-order valence-electron chi connectivity index (χ3n) is 4.43. The van der Waals surface area contributed by atoms with Gasteiger partial charge in [0, 0.05) is 0 Å². The van der Waals surface area contributed by atoms with Crippen LogP contribution >= 0.6 is 0 Å². The average Bonchev–Trinajstić information content (AvgIpc) is 2.83. The molecule has 1 fully saturated rings. The van der Waals surface area contributed by atoms with Gasteiger partial charge in [0.15, 0.2) is 0 Å². The van der Waals surface area contributed by atoms with Gasteiger partial charge in [-0.15, -0.1) is 0 Å². The van der Waals surface area contributed by atoms with E-state index in [1.54, 1.807) is 0 Å². The van der Waals surface area contributed by atoms with Crippen LogP contribution in [0.25, 0.3) is 11.0 Å². The van der Waals surface area contributed by atoms with E-state index in [1.807, 2.05) is 0 Å². The first-order valence-corrected chi connectivity index (χ1v) is 9.38. The Morgan fingerprint density at radius 3 is 3.05 bits per heavy atom. The first-order valence-electron chi connectivity index (χ1n) is 7.84. The molecule has 20 heavy (non-hydrogen) atoms.